The second kappa shape index (κ2) is 7.55. The maximum atomic E-state index is 10.00. The van der Waals surface area contributed by atoms with Crippen LogP contribution < -0.4 is 0 Å². The average molecular weight is 248 g/mol. The highest BCUT2D eigenvalue weighted by Crippen LogP contribution is 2.19. The van der Waals surface area contributed by atoms with E-state index in [0.29, 0.717) is 6.10 Å². The van der Waals surface area contributed by atoms with Crippen molar-refractivity contribution in [1.82, 2.24) is 0 Å². The number of ether oxygens (including phenoxy) is 1. The number of hydrogen-bond acceptors (Lipinski definition) is 2. The Morgan fingerprint density at radius 2 is 2.06 bits per heavy atom. The third-order valence-corrected chi connectivity index (χ3v) is 3.65. The van der Waals surface area contributed by atoms with Gasteiger partial charge >= 0.3 is 0 Å². The summed E-state index contributed by atoms with van der Waals surface area (Å²) in [5.74, 6) is 0. The summed E-state index contributed by atoms with van der Waals surface area (Å²) in [4.78, 5) is 0. The van der Waals surface area contributed by atoms with Crippen LogP contribution in [0.1, 0.15) is 44.1 Å². The number of hydrogen-bond donors (Lipinski definition) is 1. The third-order valence-electron chi connectivity index (χ3n) is 3.65. The molecule has 1 fully saturated rings. The van der Waals surface area contributed by atoms with Crippen molar-refractivity contribution in [2.45, 2.75) is 57.2 Å². The number of aliphatic hydroxyl groups excluding tert-OH is 1. The lowest BCUT2D eigenvalue weighted by Gasteiger charge is -2.24. The molecule has 1 saturated heterocycles. The highest BCUT2D eigenvalue weighted by atomic mass is 16.5. The van der Waals surface area contributed by atoms with Crippen molar-refractivity contribution >= 4 is 0 Å². The Labute approximate surface area is 110 Å². The molecule has 1 aliphatic heterocycles. The Kier molecular flexibility index (Phi) is 5.69. The van der Waals surface area contributed by atoms with Crippen LogP contribution in [0, 0.1) is 0 Å². The van der Waals surface area contributed by atoms with Crippen LogP contribution in [-0.4, -0.2) is 23.9 Å². The molecule has 0 aromatic heterocycles. The Bertz CT molecular complexity index is 317. The lowest BCUT2D eigenvalue weighted by molar-refractivity contribution is -0.0166. The zero-order valence-electron chi connectivity index (χ0n) is 11.1. The first kappa shape index (κ1) is 13.6. The van der Waals surface area contributed by atoms with Gasteiger partial charge in [0.2, 0.25) is 0 Å². The summed E-state index contributed by atoms with van der Waals surface area (Å²) >= 11 is 0. The van der Waals surface area contributed by atoms with Crippen molar-refractivity contribution in [1.29, 1.82) is 0 Å². The summed E-state index contributed by atoms with van der Waals surface area (Å²) in [7, 11) is 0. The van der Waals surface area contributed by atoms with Crippen molar-refractivity contribution in [3.8, 4) is 0 Å². The SMILES string of the molecule is OC(CCCc1ccccc1)CC1CCCCO1. The van der Waals surface area contributed by atoms with E-state index in [1.807, 2.05) is 6.07 Å². The highest BCUT2D eigenvalue weighted by molar-refractivity contribution is 5.14. The van der Waals surface area contributed by atoms with E-state index in [9.17, 15) is 5.11 Å². The molecule has 18 heavy (non-hydrogen) atoms. The fourth-order valence-electron chi connectivity index (χ4n) is 2.60. The van der Waals surface area contributed by atoms with Gasteiger partial charge in [-0.25, -0.2) is 0 Å². The summed E-state index contributed by atoms with van der Waals surface area (Å²) in [6.07, 6.45) is 7.46. The van der Waals surface area contributed by atoms with Crippen LogP contribution in [0.2, 0.25) is 0 Å². The minimum Gasteiger partial charge on any atom is -0.393 e. The molecule has 1 N–H and O–H groups in total. The van der Waals surface area contributed by atoms with Crippen molar-refractivity contribution in [3.63, 3.8) is 0 Å². The van der Waals surface area contributed by atoms with Crippen molar-refractivity contribution < 1.29 is 9.84 Å². The normalized spacial score (nSPS) is 21.7. The van der Waals surface area contributed by atoms with Crippen LogP contribution >= 0.6 is 0 Å². The molecule has 0 aliphatic carbocycles. The molecule has 1 heterocycles. The van der Waals surface area contributed by atoms with E-state index in [0.717, 1.165) is 38.7 Å². The first-order valence-electron chi connectivity index (χ1n) is 7.18. The second-order valence-corrected chi connectivity index (χ2v) is 5.26. The summed E-state index contributed by atoms with van der Waals surface area (Å²) < 4.78 is 5.65. The van der Waals surface area contributed by atoms with Gasteiger partial charge in [-0.1, -0.05) is 30.3 Å². The van der Waals surface area contributed by atoms with E-state index in [1.54, 1.807) is 0 Å². The molecule has 0 saturated carbocycles. The molecule has 2 rings (SSSR count). The molecule has 1 aromatic rings. The number of rotatable bonds is 6. The van der Waals surface area contributed by atoms with E-state index in [4.69, 9.17) is 4.74 Å². The van der Waals surface area contributed by atoms with Gasteiger partial charge in [-0.15, -0.1) is 0 Å². The predicted molar refractivity (Wildman–Crippen MR) is 73.6 cm³/mol. The van der Waals surface area contributed by atoms with Crippen LogP contribution in [0.5, 0.6) is 0 Å². The van der Waals surface area contributed by atoms with Gasteiger partial charge in [0.1, 0.15) is 0 Å². The maximum absolute atomic E-state index is 10.00. The quantitative estimate of drug-likeness (QED) is 0.836. The summed E-state index contributed by atoms with van der Waals surface area (Å²) in [6, 6.07) is 10.5. The molecule has 0 amide bonds. The van der Waals surface area contributed by atoms with Gasteiger partial charge in [0.15, 0.2) is 0 Å². The van der Waals surface area contributed by atoms with Gasteiger partial charge in [0.25, 0.3) is 0 Å². The topological polar surface area (TPSA) is 29.5 Å². The molecule has 2 nitrogen and oxygen atoms in total. The van der Waals surface area contributed by atoms with Crippen molar-refractivity contribution in [2.24, 2.45) is 0 Å². The van der Waals surface area contributed by atoms with Crippen molar-refractivity contribution in [2.75, 3.05) is 6.61 Å². The fraction of sp³-hybridized carbons (Fsp3) is 0.625. The van der Waals surface area contributed by atoms with Gasteiger partial charge in [0.05, 0.1) is 12.2 Å². The first-order valence-corrected chi connectivity index (χ1v) is 7.18. The standard InChI is InChI=1S/C16H24O2/c17-15(13-16-11-4-5-12-18-16)10-6-9-14-7-2-1-3-8-14/h1-3,7-8,15-17H,4-6,9-13H2. The van der Waals surface area contributed by atoms with Gasteiger partial charge in [-0.3, -0.25) is 0 Å². The van der Waals surface area contributed by atoms with Gasteiger partial charge < -0.3 is 9.84 Å². The Balaban J connectivity index is 1.61. The molecule has 0 radical (unpaired) electrons. The second-order valence-electron chi connectivity index (χ2n) is 5.26. The van der Waals surface area contributed by atoms with E-state index in [-0.39, 0.29) is 6.10 Å². The smallest absolute Gasteiger partial charge is 0.0599 e. The minimum absolute atomic E-state index is 0.197. The van der Waals surface area contributed by atoms with Crippen LogP contribution in [-0.2, 0) is 11.2 Å². The average Bonchev–Trinajstić information content (AvgIpc) is 2.41. The number of aryl methyl sites for hydroxylation is 1. The van der Waals surface area contributed by atoms with Gasteiger partial charge in [-0.2, -0.15) is 0 Å². The summed E-state index contributed by atoms with van der Waals surface area (Å²) in [5.41, 5.74) is 1.36. The van der Waals surface area contributed by atoms with E-state index >= 15 is 0 Å². The lowest BCUT2D eigenvalue weighted by Crippen LogP contribution is -2.24. The van der Waals surface area contributed by atoms with E-state index in [1.165, 1.54) is 18.4 Å². The zero-order valence-corrected chi connectivity index (χ0v) is 11.1. The molecule has 1 aliphatic rings. The molecule has 0 spiro atoms. The van der Waals surface area contributed by atoms with Crippen LogP contribution in [0.4, 0.5) is 0 Å². The lowest BCUT2D eigenvalue weighted by atomic mass is 9.99. The van der Waals surface area contributed by atoms with Gasteiger partial charge in [-0.05, 0) is 50.5 Å². The Morgan fingerprint density at radius 1 is 1.22 bits per heavy atom. The van der Waals surface area contributed by atoms with Crippen molar-refractivity contribution in [3.05, 3.63) is 35.9 Å². The number of aliphatic hydroxyl groups is 1. The van der Waals surface area contributed by atoms with Gasteiger partial charge in [0, 0.05) is 6.61 Å². The summed E-state index contributed by atoms with van der Waals surface area (Å²) in [6.45, 7) is 0.876. The van der Waals surface area contributed by atoms with E-state index < -0.39 is 0 Å². The minimum atomic E-state index is -0.197. The zero-order chi connectivity index (χ0) is 12.6. The largest absolute Gasteiger partial charge is 0.393 e. The fourth-order valence-corrected chi connectivity index (χ4v) is 2.60. The predicted octanol–water partition coefficient (Wildman–Crippen LogP) is 3.33. The highest BCUT2D eigenvalue weighted by Gasteiger charge is 2.17. The Morgan fingerprint density at radius 3 is 2.78 bits per heavy atom. The van der Waals surface area contributed by atoms with E-state index in [2.05, 4.69) is 24.3 Å². The molecule has 2 unspecified atom stereocenters. The maximum Gasteiger partial charge on any atom is 0.0599 e. The van der Waals surface area contributed by atoms with Crippen LogP contribution in [0.25, 0.3) is 0 Å². The molecular formula is C16H24O2. The first-order chi connectivity index (χ1) is 8.84. The number of benzene rings is 1. The van der Waals surface area contributed by atoms with Crippen LogP contribution in [0.3, 0.4) is 0 Å². The Hall–Kier alpha value is -0.860. The molecular weight excluding hydrogens is 224 g/mol. The molecule has 2 heteroatoms. The third kappa shape index (κ3) is 4.79. The molecule has 2 atom stereocenters. The summed E-state index contributed by atoms with van der Waals surface area (Å²) in [5, 5.41) is 10.00. The monoisotopic (exact) mass is 248 g/mol. The molecule has 0 bridgehead atoms. The van der Waals surface area contributed by atoms with Crippen LogP contribution in [0.15, 0.2) is 30.3 Å². The molecule has 100 valence electrons. The molecule has 1 aromatic carbocycles.